The molecule has 1 N–H and O–H groups in total. The molecule has 0 radical (unpaired) electrons. The molecule has 1 aliphatic heterocycles. The average molecular weight is 233 g/mol. The molecule has 1 aromatic carbocycles. The summed E-state index contributed by atoms with van der Waals surface area (Å²) in [5, 5.41) is 9.10. The zero-order valence-electron chi connectivity index (χ0n) is 10.2. The highest BCUT2D eigenvalue weighted by Crippen LogP contribution is 2.25. The maximum absolute atomic E-state index is 11.1. The monoisotopic (exact) mass is 233 g/mol. The van der Waals surface area contributed by atoms with E-state index in [9.17, 15) is 4.79 Å². The SMILES string of the molecule is CCC(C(=O)O)c1ccc(N2CCCC2)cc1. The van der Waals surface area contributed by atoms with Crippen LogP contribution >= 0.6 is 0 Å². The maximum atomic E-state index is 11.1. The molecule has 0 saturated carbocycles. The first kappa shape index (κ1) is 12.0. The third-order valence-electron chi connectivity index (χ3n) is 3.47. The number of carbonyl (C=O) groups is 1. The van der Waals surface area contributed by atoms with Gasteiger partial charge in [-0.15, -0.1) is 0 Å². The lowest BCUT2D eigenvalue weighted by Gasteiger charge is -2.18. The highest BCUT2D eigenvalue weighted by Gasteiger charge is 2.18. The van der Waals surface area contributed by atoms with Crippen molar-refractivity contribution in [1.82, 2.24) is 0 Å². The van der Waals surface area contributed by atoms with E-state index in [2.05, 4.69) is 4.90 Å². The molecule has 1 heterocycles. The third kappa shape index (κ3) is 2.60. The predicted octanol–water partition coefficient (Wildman–Crippen LogP) is 2.87. The third-order valence-corrected chi connectivity index (χ3v) is 3.47. The highest BCUT2D eigenvalue weighted by atomic mass is 16.4. The molecule has 1 aliphatic rings. The topological polar surface area (TPSA) is 40.5 Å². The second kappa shape index (κ2) is 5.21. The van der Waals surface area contributed by atoms with Gasteiger partial charge >= 0.3 is 5.97 Å². The van der Waals surface area contributed by atoms with Crippen LogP contribution in [0.4, 0.5) is 5.69 Å². The summed E-state index contributed by atoms with van der Waals surface area (Å²) in [6, 6.07) is 8.00. The summed E-state index contributed by atoms with van der Waals surface area (Å²) >= 11 is 0. The number of carboxylic acids is 1. The summed E-state index contributed by atoms with van der Waals surface area (Å²) in [4.78, 5) is 13.4. The van der Waals surface area contributed by atoms with Gasteiger partial charge in [0.2, 0.25) is 0 Å². The number of rotatable bonds is 4. The van der Waals surface area contributed by atoms with Gasteiger partial charge in [-0.1, -0.05) is 19.1 Å². The van der Waals surface area contributed by atoms with Crippen LogP contribution in [0.15, 0.2) is 24.3 Å². The lowest BCUT2D eigenvalue weighted by atomic mass is 9.96. The van der Waals surface area contributed by atoms with E-state index >= 15 is 0 Å². The molecule has 0 aliphatic carbocycles. The average Bonchev–Trinajstić information content (AvgIpc) is 2.84. The van der Waals surface area contributed by atoms with Gasteiger partial charge in [-0.05, 0) is 37.0 Å². The molecule has 0 spiro atoms. The quantitative estimate of drug-likeness (QED) is 0.869. The van der Waals surface area contributed by atoms with Crippen LogP contribution in [-0.4, -0.2) is 24.2 Å². The van der Waals surface area contributed by atoms with Crippen molar-refractivity contribution in [1.29, 1.82) is 0 Å². The fourth-order valence-electron chi connectivity index (χ4n) is 2.45. The minimum absolute atomic E-state index is 0.373. The Morgan fingerprint density at radius 3 is 2.35 bits per heavy atom. The van der Waals surface area contributed by atoms with Crippen molar-refractivity contribution in [2.45, 2.75) is 32.1 Å². The van der Waals surface area contributed by atoms with Crippen molar-refractivity contribution in [3.8, 4) is 0 Å². The number of nitrogens with zero attached hydrogens (tertiary/aromatic N) is 1. The van der Waals surface area contributed by atoms with Crippen molar-refractivity contribution in [2.75, 3.05) is 18.0 Å². The molecule has 1 unspecified atom stereocenters. The lowest BCUT2D eigenvalue weighted by molar-refractivity contribution is -0.138. The first-order valence-corrected chi connectivity index (χ1v) is 6.30. The summed E-state index contributed by atoms with van der Waals surface area (Å²) in [6.45, 7) is 4.15. The largest absolute Gasteiger partial charge is 0.481 e. The van der Waals surface area contributed by atoms with Gasteiger partial charge in [-0.3, -0.25) is 4.79 Å². The van der Waals surface area contributed by atoms with Gasteiger partial charge in [0.25, 0.3) is 0 Å². The maximum Gasteiger partial charge on any atom is 0.310 e. The molecule has 1 atom stereocenters. The number of hydrogen-bond donors (Lipinski definition) is 1. The van der Waals surface area contributed by atoms with Gasteiger partial charge < -0.3 is 10.0 Å². The van der Waals surface area contributed by atoms with Gasteiger partial charge in [0.15, 0.2) is 0 Å². The summed E-state index contributed by atoms with van der Waals surface area (Å²) in [7, 11) is 0. The fourth-order valence-corrected chi connectivity index (χ4v) is 2.45. The molecular formula is C14H19NO2. The van der Waals surface area contributed by atoms with E-state index in [4.69, 9.17) is 5.11 Å². The van der Waals surface area contributed by atoms with Crippen LogP contribution in [0.25, 0.3) is 0 Å². The van der Waals surface area contributed by atoms with E-state index in [1.54, 1.807) is 0 Å². The Labute approximate surface area is 102 Å². The zero-order valence-corrected chi connectivity index (χ0v) is 10.2. The molecule has 92 valence electrons. The molecule has 3 nitrogen and oxygen atoms in total. The van der Waals surface area contributed by atoms with E-state index in [1.807, 2.05) is 31.2 Å². The molecule has 1 saturated heterocycles. The molecule has 0 amide bonds. The number of benzene rings is 1. The first-order valence-electron chi connectivity index (χ1n) is 6.30. The van der Waals surface area contributed by atoms with Crippen molar-refractivity contribution >= 4 is 11.7 Å². The van der Waals surface area contributed by atoms with E-state index < -0.39 is 5.97 Å². The van der Waals surface area contributed by atoms with E-state index in [0.717, 1.165) is 18.7 Å². The van der Waals surface area contributed by atoms with Crippen molar-refractivity contribution in [3.05, 3.63) is 29.8 Å². The second-order valence-electron chi connectivity index (χ2n) is 4.58. The van der Waals surface area contributed by atoms with E-state index in [0.29, 0.717) is 6.42 Å². The number of anilines is 1. The van der Waals surface area contributed by atoms with Gasteiger partial charge in [0, 0.05) is 18.8 Å². The Hall–Kier alpha value is -1.51. The molecule has 2 rings (SSSR count). The lowest BCUT2D eigenvalue weighted by Crippen LogP contribution is -2.17. The molecular weight excluding hydrogens is 214 g/mol. The van der Waals surface area contributed by atoms with Crippen LogP contribution in [0.1, 0.15) is 37.7 Å². The molecule has 1 fully saturated rings. The first-order chi connectivity index (χ1) is 8.22. The normalized spacial score (nSPS) is 17.1. The van der Waals surface area contributed by atoms with E-state index in [1.165, 1.54) is 18.5 Å². The molecule has 1 aromatic rings. The van der Waals surface area contributed by atoms with Crippen LogP contribution in [-0.2, 0) is 4.79 Å². The van der Waals surface area contributed by atoms with Crippen LogP contribution in [0, 0.1) is 0 Å². The van der Waals surface area contributed by atoms with Crippen molar-refractivity contribution < 1.29 is 9.90 Å². The van der Waals surface area contributed by atoms with Gasteiger partial charge in [-0.2, -0.15) is 0 Å². The Balaban J connectivity index is 2.14. The van der Waals surface area contributed by atoms with Crippen molar-refractivity contribution in [2.24, 2.45) is 0 Å². The Morgan fingerprint density at radius 2 is 1.88 bits per heavy atom. The molecule has 0 aromatic heterocycles. The minimum Gasteiger partial charge on any atom is -0.481 e. The molecule has 17 heavy (non-hydrogen) atoms. The number of aliphatic carboxylic acids is 1. The predicted molar refractivity (Wildman–Crippen MR) is 68.6 cm³/mol. The van der Waals surface area contributed by atoms with E-state index in [-0.39, 0.29) is 5.92 Å². The Kier molecular flexibility index (Phi) is 3.67. The second-order valence-corrected chi connectivity index (χ2v) is 4.58. The van der Waals surface area contributed by atoms with Crippen LogP contribution < -0.4 is 4.90 Å². The van der Waals surface area contributed by atoms with Crippen molar-refractivity contribution in [3.63, 3.8) is 0 Å². The summed E-state index contributed by atoms with van der Waals surface area (Å²) in [5.41, 5.74) is 2.12. The number of hydrogen-bond acceptors (Lipinski definition) is 2. The summed E-state index contributed by atoms with van der Waals surface area (Å²) in [6.07, 6.45) is 3.15. The zero-order chi connectivity index (χ0) is 12.3. The van der Waals surface area contributed by atoms with Crippen LogP contribution in [0.3, 0.4) is 0 Å². The summed E-state index contributed by atoms with van der Waals surface area (Å²) in [5.74, 6) is -1.11. The molecule has 0 bridgehead atoms. The van der Waals surface area contributed by atoms with Crippen LogP contribution in [0.2, 0.25) is 0 Å². The standard InChI is InChI=1S/C14H19NO2/c1-2-13(14(16)17)11-5-7-12(8-6-11)15-9-3-4-10-15/h5-8,13H,2-4,9-10H2,1H3,(H,16,17). The number of carboxylic acid groups (broad SMARTS) is 1. The Bertz CT molecular complexity index is 380. The van der Waals surface area contributed by atoms with Gasteiger partial charge in [0.1, 0.15) is 0 Å². The van der Waals surface area contributed by atoms with Gasteiger partial charge in [-0.25, -0.2) is 0 Å². The fraction of sp³-hybridized carbons (Fsp3) is 0.500. The Morgan fingerprint density at radius 1 is 1.29 bits per heavy atom. The van der Waals surface area contributed by atoms with Gasteiger partial charge in [0.05, 0.1) is 5.92 Å². The summed E-state index contributed by atoms with van der Waals surface area (Å²) < 4.78 is 0. The highest BCUT2D eigenvalue weighted by molar-refractivity contribution is 5.76. The minimum atomic E-state index is -0.735. The molecule has 3 heteroatoms. The van der Waals surface area contributed by atoms with Crippen LogP contribution in [0.5, 0.6) is 0 Å². The smallest absolute Gasteiger partial charge is 0.310 e.